The molecule has 2 aromatic carbocycles. The molecule has 1 aliphatic rings. The number of benzene rings is 2. The number of allylic oxidation sites excluding steroid dienone is 1. The normalized spacial score (nSPS) is 17.1. The number of hydrogen-bond acceptors (Lipinski definition) is 7. The Balaban J connectivity index is 1.97. The largest absolute Gasteiger partial charge is 0.491 e. The minimum atomic E-state index is -1.37. The molecule has 8 nitrogen and oxygen atoms in total. The lowest BCUT2D eigenvalue weighted by atomic mass is 9.78. The summed E-state index contributed by atoms with van der Waals surface area (Å²) in [5.41, 5.74) is 1.93. The van der Waals surface area contributed by atoms with E-state index in [9.17, 15) is 19.6 Å². The topological polar surface area (TPSA) is 118 Å². The van der Waals surface area contributed by atoms with Crippen molar-refractivity contribution in [2.24, 2.45) is 5.92 Å². The fourth-order valence-corrected chi connectivity index (χ4v) is 5.75. The highest BCUT2D eigenvalue weighted by molar-refractivity contribution is 9.10. The first-order valence-corrected chi connectivity index (χ1v) is 13.5. The van der Waals surface area contributed by atoms with Gasteiger partial charge in [-0.25, -0.2) is 0 Å². The number of methoxy groups -OCH3 is 1. The van der Waals surface area contributed by atoms with E-state index in [2.05, 4.69) is 32.6 Å². The van der Waals surface area contributed by atoms with Gasteiger partial charge in [-0.1, -0.05) is 50.9 Å². The van der Waals surface area contributed by atoms with Crippen LogP contribution in [0.25, 0.3) is 0 Å². The molecule has 12 heteroatoms. The van der Waals surface area contributed by atoms with Crippen LogP contribution < -0.4 is 15.4 Å². The Morgan fingerprint density at radius 1 is 1.24 bits per heavy atom. The maximum Gasteiger partial charge on any atom is 0.319 e. The van der Waals surface area contributed by atoms with E-state index in [1.807, 2.05) is 13.0 Å². The number of aryl methyl sites for hydroxylation is 1. The second-order valence-corrected chi connectivity index (χ2v) is 10.6. The summed E-state index contributed by atoms with van der Waals surface area (Å²) in [6.07, 6.45) is 0. The molecule has 2 aromatic rings. The van der Waals surface area contributed by atoms with Crippen molar-refractivity contribution >= 4 is 74.4 Å². The van der Waals surface area contributed by atoms with Gasteiger partial charge >= 0.3 is 5.97 Å². The quantitative estimate of drug-likeness (QED) is 0.290. The first-order chi connectivity index (χ1) is 17.6. The molecule has 0 unspecified atom stereocenters. The Morgan fingerprint density at radius 2 is 1.92 bits per heavy atom. The van der Waals surface area contributed by atoms with Gasteiger partial charge in [0.15, 0.2) is 5.75 Å². The second-order valence-electron chi connectivity index (χ2n) is 7.87. The molecule has 2 N–H and O–H groups in total. The minimum absolute atomic E-state index is 0.0731. The minimum Gasteiger partial charge on any atom is -0.491 e. The summed E-state index contributed by atoms with van der Waals surface area (Å²) >= 11 is 17.1. The van der Waals surface area contributed by atoms with Gasteiger partial charge in [0.2, 0.25) is 11.8 Å². The summed E-state index contributed by atoms with van der Waals surface area (Å²) in [5, 5.41) is 15.9. The summed E-state index contributed by atoms with van der Waals surface area (Å²) in [6, 6.07) is 10.5. The average molecular weight is 627 g/mol. The Kier molecular flexibility index (Phi) is 9.90. The van der Waals surface area contributed by atoms with Gasteiger partial charge in [0.05, 0.1) is 46.2 Å². The van der Waals surface area contributed by atoms with Crippen LogP contribution >= 0.6 is 50.9 Å². The van der Waals surface area contributed by atoms with Gasteiger partial charge in [0.25, 0.3) is 0 Å². The molecule has 1 heterocycles. The van der Waals surface area contributed by atoms with E-state index in [-0.39, 0.29) is 38.1 Å². The first kappa shape index (κ1) is 28.9. The zero-order chi connectivity index (χ0) is 27.3. The molecule has 0 saturated carbocycles. The highest BCUT2D eigenvalue weighted by Gasteiger charge is 2.44. The molecule has 1 aliphatic heterocycles. The number of esters is 1. The van der Waals surface area contributed by atoms with E-state index < -0.39 is 23.7 Å². The number of halogens is 3. The highest BCUT2D eigenvalue weighted by Crippen LogP contribution is 2.44. The maximum atomic E-state index is 13.0. The van der Waals surface area contributed by atoms with Crippen molar-refractivity contribution < 1.29 is 23.9 Å². The van der Waals surface area contributed by atoms with Crippen molar-refractivity contribution in [1.82, 2.24) is 5.32 Å². The van der Waals surface area contributed by atoms with E-state index in [1.165, 1.54) is 12.1 Å². The molecule has 0 saturated heterocycles. The zero-order valence-electron chi connectivity index (χ0n) is 20.0. The van der Waals surface area contributed by atoms with Crippen LogP contribution in [0.3, 0.4) is 0 Å². The summed E-state index contributed by atoms with van der Waals surface area (Å²) in [6.45, 7) is 3.95. The maximum absolute atomic E-state index is 13.0. The van der Waals surface area contributed by atoms with E-state index in [1.54, 1.807) is 19.1 Å². The summed E-state index contributed by atoms with van der Waals surface area (Å²) < 4.78 is 11.2. The zero-order valence-corrected chi connectivity index (χ0v) is 23.9. The predicted octanol–water partition coefficient (Wildman–Crippen LogP) is 5.57. The Morgan fingerprint density at radius 3 is 2.49 bits per heavy atom. The van der Waals surface area contributed by atoms with Gasteiger partial charge < -0.3 is 20.1 Å². The lowest BCUT2D eigenvalue weighted by Crippen LogP contribution is -2.44. The molecule has 0 aliphatic carbocycles. The number of nitrogens with zero attached hydrogens (tertiary/aromatic N) is 1. The third kappa shape index (κ3) is 6.60. The third-order valence-electron chi connectivity index (χ3n) is 5.46. The number of nitrogens with one attached hydrogen (secondary N) is 2. The van der Waals surface area contributed by atoms with Crippen LogP contribution in [0.1, 0.15) is 24.0 Å². The smallest absolute Gasteiger partial charge is 0.319 e. The lowest BCUT2D eigenvalue weighted by molar-refractivity contribution is -0.150. The standard InChI is InChI=1S/C25H22BrCl2N3O5S/c1-4-36-22-16(27)8-13(9-17(22)28)20-15(10-29)24(31-23(33)21(20)25(34)35-3)37-11-19(32)30-18-6-5-14(26)7-12(18)2/h5-9,20-21H,4,11H2,1-3H3,(H,30,32)(H,31,33)/t20-,21+/m1/s1. The Hall–Kier alpha value is -2.71. The number of rotatable bonds is 8. The second kappa shape index (κ2) is 12.7. The van der Waals surface area contributed by atoms with Gasteiger partial charge in [0, 0.05) is 16.1 Å². The number of ether oxygens (including phenoxy) is 2. The van der Waals surface area contributed by atoms with Crippen LogP contribution in [-0.2, 0) is 19.1 Å². The molecular formula is C25H22BrCl2N3O5S. The van der Waals surface area contributed by atoms with Crippen molar-refractivity contribution in [2.75, 3.05) is 24.8 Å². The molecule has 0 spiro atoms. The fraction of sp³-hybridized carbons (Fsp3) is 0.280. The van der Waals surface area contributed by atoms with Crippen LogP contribution in [0.4, 0.5) is 5.69 Å². The molecule has 0 aromatic heterocycles. The van der Waals surface area contributed by atoms with Gasteiger partial charge in [-0.2, -0.15) is 5.26 Å². The van der Waals surface area contributed by atoms with Crippen LogP contribution in [0.15, 0.2) is 45.4 Å². The number of nitriles is 1. The van der Waals surface area contributed by atoms with Crippen LogP contribution in [0, 0.1) is 24.2 Å². The molecule has 0 bridgehead atoms. The Labute approximate surface area is 236 Å². The molecule has 37 heavy (non-hydrogen) atoms. The van der Waals surface area contributed by atoms with E-state index >= 15 is 0 Å². The van der Waals surface area contributed by atoms with Crippen LogP contribution in [0.5, 0.6) is 5.75 Å². The predicted molar refractivity (Wildman–Crippen MR) is 147 cm³/mol. The van der Waals surface area contributed by atoms with Crippen LogP contribution in [0.2, 0.25) is 10.0 Å². The number of amides is 2. The van der Waals surface area contributed by atoms with E-state index in [0.29, 0.717) is 17.9 Å². The third-order valence-corrected chi connectivity index (χ3v) is 7.53. The molecular weight excluding hydrogens is 605 g/mol. The van der Waals surface area contributed by atoms with Gasteiger partial charge in [-0.3, -0.25) is 14.4 Å². The Bertz CT molecular complexity index is 1300. The summed E-state index contributed by atoms with van der Waals surface area (Å²) in [4.78, 5) is 38.3. The van der Waals surface area contributed by atoms with E-state index in [0.717, 1.165) is 28.9 Å². The average Bonchev–Trinajstić information content (AvgIpc) is 2.85. The molecule has 0 fully saturated rings. The molecule has 3 rings (SSSR count). The summed E-state index contributed by atoms with van der Waals surface area (Å²) in [7, 11) is 1.15. The molecule has 2 amide bonds. The number of thioether (sulfide) groups is 1. The molecule has 0 radical (unpaired) electrons. The first-order valence-electron chi connectivity index (χ1n) is 10.9. The van der Waals surface area contributed by atoms with Gasteiger partial charge in [0.1, 0.15) is 5.92 Å². The van der Waals surface area contributed by atoms with Gasteiger partial charge in [-0.15, -0.1) is 0 Å². The fourth-order valence-electron chi connectivity index (χ4n) is 3.81. The molecule has 2 atom stereocenters. The van der Waals surface area contributed by atoms with Crippen molar-refractivity contribution in [1.29, 1.82) is 5.26 Å². The number of carbonyl (C=O) groups excluding carboxylic acids is 3. The van der Waals surface area contributed by atoms with Crippen molar-refractivity contribution in [2.45, 2.75) is 19.8 Å². The SMILES string of the molecule is CCOc1c(Cl)cc([C@@H]2C(C#N)=C(SCC(=O)Nc3ccc(Br)cc3C)NC(=O)[C@H]2C(=O)OC)cc1Cl. The number of hydrogen-bond donors (Lipinski definition) is 2. The number of anilines is 1. The highest BCUT2D eigenvalue weighted by atomic mass is 79.9. The molecule has 194 valence electrons. The van der Waals surface area contributed by atoms with Crippen molar-refractivity contribution in [3.05, 3.63) is 66.6 Å². The number of carbonyl (C=O) groups is 3. The van der Waals surface area contributed by atoms with E-state index in [4.69, 9.17) is 32.7 Å². The van der Waals surface area contributed by atoms with Crippen molar-refractivity contribution in [3.63, 3.8) is 0 Å². The van der Waals surface area contributed by atoms with Gasteiger partial charge in [-0.05, 0) is 55.3 Å². The van der Waals surface area contributed by atoms with Crippen molar-refractivity contribution in [3.8, 4) is 11.8 Å². The lowest BCUT2D eigenvalue weighted by Gasteiger charge is -2.31. The monoisotopic (exact) mass is 625 g/mol. The van der Waals surface area contributed by atoms with Crippen LogP contribution in [-0.4, -0.2) is 37.3 Å². The summed E-state index contributed by atoms with van der Waals surface area (Å²) in [5.74, 6) is -4.11.